The summed E-state index contributed by atoms with van der Waals surface area (Å²) in [6, 6.07) is 12.0. The van der Waals surface area contributed by atoms with Gasteiger partial charge >= 0.3 is 0 Å². The zero-order valence-electron chi connectivity index (χ0n) is 6.29. The van der Waals surface area contributed by atoms with E-state index in [0.29, 0.717) is 0 Å². The molecule has 60 valence electrons. The Morgan fingerprint density at radius 2 is 1.92 bits per heavy atom. The summed E-state index contributed by atoms with van der Waals surface area (Å²) < 4.78 is 2.82. The van der Waals surface area contributed by atoms with Crippen LogP contribution in [0.15, 0.2) is 36.4 Å². The van der Waals surface area contributed by atoms with Crippen LogP contribution in [0.3, 0.4) is 0 Å². The average molecular weight is 223 g/mol. The summed E-state index contributed by atoms with van der Waals surface area (Å²) in [7, 11) is 0. The van der Waals surface area contributed by atoms with Gasteiger partial charge in [0, 0.05) is 21.5 Å². The molecule has 0 radical (unpaired) electrons. The largest absolute Gasteiger partial charge is 0.307 e. The molecule has 3 heteroatoms. The van der Waals surface area contributed by atoms with Crippen LogP contribution in [0.1, 0.15) is 0 Å². The first-order valence-corrected chi connectivity index (χ1v) is 4.42. The maximum absolute atomic E-state index is 4.34. The molecule has 2 aromatic rings. The van der Waals surface area contributed by atoms with Crippen LogP contribution in [0, 0.1) is 0 Å². The number of nitrogens with zero attached hydrogens (tertiary/aromatic N) is 1. The van der Waals surface area contributed by atoms with Crippen molar-refractivity contribution in [2.24, 2.45) is 0 Å². The molecule has 0 unspecified atom stereocenters. The maximum atomic E-state index is 4.34. The molecule has 0 saturated carbocycles. The molecule has 0 spiro atoms. The summed E-state index contributed by atoms with van der Waals surface area (Å²) in [6.07, 6.45) is 0. The Bertz CT molecular complexity index is 400. The molecule has 1 aromatic heterocycles. The molecule has 1 N–H and O–H groups in total. The van der Waals surface area contributed by atoms with Crippen LogP contribution in [-0.4, -0.2) is 4.98 Å². The summed E-state index contributed by atoms with van der Waals surface area (Å²) >= 11 is 3.13. The van der Waals surface area contributed by atoms with E-state index in [2.05, 4.69) is 25.5 Å². The summed E-state index contributed by atoms with van der Waals surface area (Å²) in [5, 5.41) is 1.16. The molecule has 2 nitrogen and oxygen atoms in total. The van der Waals surface area contributed by atoms with E-state index in [-0.39, 0.29) is 0 Å². The van der Waals surface area contributed by atoms with E-state index in [9.17, 15) is 0 Å². The average Bonchev–Trinajstić information content (AvgIpc) is 2.17. The van der Waals surface area contributed by atoms with Crippen molar-refractivity contribution in [3.63, 3.8) is 0 Å². The Morgan fingerprint density at radius 1 is 1.08 bits per heavy atom. The number of benzene rings is 1. The molecule has 0 aliphatic carbocycles. The highest BCUT2D eigenvalue weighted by molar-refractivity contribution is 9.10. The predicted octanol–water partition coefficient (Wildman–Crippen LogP) is 2.96. The summed E-state index contributed by atoms with van der Waals surface area (Å²) in [5.41, 5.74) is 1.00. The van der Waals surface area contributed by atoms with Gasteiger partial charge in [0.1, 0.15) is 5.82 Å². The first-order chi connectivity index (χ1) is 5.90. The second kappa shape index (κ2) is 3.11. The van der Waals surface area contributed by atoms with E-state index in [4.69, 9.17) is 0 Å². The summed E-state index contributed by atoms with van der Waals surface area (Å²) in [5.74, 6) is 0.828. The summed E-state index contributed by atoms with van der Waals surface area (Å²) in [6.45, 7) is 0. The van der Waals surface area contributed by atoms with Gasteiger partial charge in [0.25, 0.3) is 0 Å². The topological polar surface area (TPSA) is 24.9 Å². The van der Waals surface area contributed by atoms with Crippen LogP contribution in [0.5, 0.6) is 0 Å². The van der Waals surface area contributed by atoms with E-state index in [1.54, 1.807) is 0 Å². The fraction of sp³-hybridized carbons (Fsp3) is 0. The van der Waals surface area contributed by atoms with Gasteiger partial charge in [-0.3, -0.25) is 0 Å². The van der Waals surface area contributed by atoms with Gasteiger partial charge in [-0.15, -0.1) is 0 Å². The van der Waals surface area contributed by atoms with E-state index >= 15 is 0 Å². The Hall–Kier alpha value is -1.09. The van der Waals surface area contributed by atoms with E-state index in [1.165, 1.54) is 0 Å². The lowest BCUT2D eigenvalue weighted by Gasteiger charge is -1.99. The molecule has 0 saturated heterocycles. The molecule has 1 heterocycles. The molecule has 0 atom stereocenters. The predicted molar refractivity (Wildman–Crippen MR) is 54.3 cm³/mol. The molecule has 0 bridgehead atoms. The Morgan fingerprint density at radius 3 is 2.75 bits per heavy atom. The number of pyridine rings is 1. The van der Waals surface area contributed by atoms with Gasteiger partial charge in [0.15, 0.2) is 0 Å². The second-order valence-corrected chi connectivity index (χ2v) is 2.88. The highest BCUT2D eigenvalue weighted by Crippen LogP contribution is 2.14. The van der Waals surface area contributed by atoms with Crippen LogP contribution < -0.4 is 4.34 Å². The van der Waals surface area contributed by atoms with E-state index in [1.807, 2.05) is 36.4 Å². The highest BCUT2D eigenvalue weighted by Gasteiger charge is 1.94. The van der Waals surface area contributed by atoms with Crippen molar-refractivity contribution in [3.8, 4) is 0 Å². The maximum Gasteiger partial charge on any atom is 0.136 e. The Kier molecular flexibility index (Phi) is 1.96. The Balaban J connectivity index is 2.67. The smallest absolute Gasteiger partial charge is 0.136 e. The molecule has 2 rings (SSSR count). The van der Waals surface area contributed by atoms with Crippen molar-refractivity contribution in [3.05, 3.63) is 36.4 Å². The highest BCUT2D eigenvalue weighted by atomic mass is 79.9. The first-order valence-electron chi connectivity index (χ1n) is 3.62. The summed E-state index contributed by atoms with van der Waals surface area (Å²) in [4.78, 5) is 4.34. The van der Waals surface area contributed by atoms with Gasteiger partial charge in [0.2, 0.25) is 0 Å². The van der Waals surface area contributed by atoms with Crippen molar-refractivity contribution < 1.29 is 0 Å². The zero-order valence-corrected chi connectivity index (χ0v) is 7.88. The van der Waals surface area contributed by atoms with Gasteiger partial charge in [-0.25, -0.2) is 4.98 Å². The van der Waals surface area contributed by atoms with Crippen LogP contribution >= 0.6 is 16.1 Å². The number of aromatic nitrogens is 1. The van der Waals surface area contributed by atoms with Crippen LogP contribution in [0.25, 0.3) is 10.9 Å². The monoisotopic (exact) mass is 222 g/mol. The van der Waals surface area contributed by atoms with Gasteiger partial charge in [-0.2, -0.15) is 0 Å². The van der Waals surface area contributed by atoms with Gasteiger partial charge in [0.05, 0.1) is 5.52 Å². The number of halogens is 1. The number of para-hydroxylation sites is 1. The molecular weight excluding hydrogens is 216 g/mol. The van der Waals surface area contributed by atoms with Crippen molar-refractivity contribution in [2.45, 2.75) is 0 Å². The zero-order chi connectivity index (χ0) is 8.39. The van der Waals surface area contributed by atoms with Crippen molar-refractivity contribution in [2.75, 3.05) is 4.34 Å². The van der Waals surface area contributed by atoms with Crippen LogP contribution in [-0.2, 0) is 0 Å². The lowest BCUT2D eigenvalue weighted by Crippen LogP contribution is -1.85. The minimum Gasteiger partial charge on any atom is -0.307 e. The number of rotatable bonds is 1. The fourth-order valence-electron chi connectivity index (χ4n) is 1.12. The molecule has 0 fully saturated rings. The fourth-order valence-corrected chi connectivity index (χ4v) is 1.34. The van der Waals surface area contributed by atoms with Crippen molar-refractivity contribution >= 4 is 32.9 Å². The minimum absolute atomic E-state index is 0.828. The molecule has 1 aromatic carbocycles. The first kappa shape index (κ1) is 7.55. The van der Waals surface area contributed by atoms with Crippen LogP contribution in [0.2, 0.25) is 0 Å². The molecule has 0 aliphatic heterocycles. The number of anilines is 1. The van der Waals surface area contributed by atoms with Gasteiger partial charge in [-0.05, 0) is 18.2 Å². The lowest BCUT2D eigenvalue weighted by molar-refractivity contribution is 1.42. The van der Waals surface area contributed by atoms with Crippen molar-refractivity contribution in [1.29, 1.82) is 0 Å². The quantitative estimate of drug-likeness (QED) is 0.751. The van der Waals surface area contributed by atoms with E-state index < -0.39 is 0 Å². The molecule has 0 aliphatic rings. The Labute approximate surface area is 79.0 Å². The molecular formula is C9H7BrN2. The van der Waals surface area contributed by atoms with Crippen LogP contribution in [0.4, 0.5) is 5.82 Å². The normalized spacial score (nSPS) is 10.1. The minimum atomic E-state index is 0.828. The molecule has 0 amide bonds. The van der Waals surface area contributed by atoms with E-state index in [0.717, 1.165) is 16.7 Å². The number of hydrogen-bond acceptors (Lipinski definition) is 2. The number of hydrogen-bond donors (Lipinski definition) is 1. The van der Waals surface area contributed by atoms with Gasteiger partial charge in [-0.1, -0.05) is 18.2 Å². The van der Waals surface area contributed by atoms with Gasteiger partial charge < -0.3 is 4.34 Å². The molecule has 12 heavy (non-hydrogen) atoms. The number of nitrogens with one attached hydrogen (secondary N) is 1. The third-order valence-electron chi connectivity index (χ3n) is 1.70. The third kappa shape index (κ3) is 1.28. The second-order valence-electron chi connectivity index (χ2n) is 2.48. The standard InChI is InChI=1S/C9H7BrN2/c10-12-9-6-5-7-3-1-2-4-8(7)11-9/h1-6H,(H,11,12). The lowest BCUT2D eigenvalue weighted by atomic mass is 10.2. The SMILES string of the molecule is BrNc1ccc2ccccc2n1. The third-order valence-corrected chi connectivity index (χ3v) is 2.10. The van der Waals surface area contributed by atoms with Crippen molar-refractivity contribution in [1.82, 2.24) is 4.98 Å². The number of fused-ring (bicyclic) bond motifs is 1.